The van der Waals surface area contributed by atoms with E-state index in [4.69, 9.17) is 44.1 Å². The quantitative estimate of drug-likeness (QED) is 0.226. The molecule has 10 heteroatoms. The lowest BCUT2D eigenvalue weighted by Gasteiger charge is -2.18. The van der Waals surface area contributed by atoms with Gasteiger partial charge in [-0.2, -0.15) is 0 Å². The Kier molecular flexibility index (Phi) is 7.14. The molecule has 1 atom stereocenters. The molecule has 1 N–H and O–H groups in total. The molecule has 1 unspecified atom stereocenters. The molecule has 6 rings (SSSR count). The van der Waals surface area contributed by atoms with Crippen LogP contribution < -0.4 is 9.64 Å². The van der Waals surface area contributed by atoms with Crippen LogP contribution >= 0.6 is 34.8 Å². The van der Waals surface area contributed by atoms with Gasteiger partial charge in [-0.05, 0) is 61.2 Å². The summed E-state index contributed by atoms with van der Waals surface area (Å²) in [7, 11) is 0. The van der Waals surface area contributed by atoms with Gasteiger partial charge in [0, 0.05) is 41.7 Å². The summed E-state index contributed by atoms with van der Waals surface area (Å²) in [4.78, 5) is 17.8. The Morgan fingerprint density at radius 1 is 1.03 bits per heavy atom. The molecule has 0 bridgehead atoms. The van der Waals surface area contributed by atoms with E-state index in [0.717, 1.165) is 42.7 Å². The van der Waals surface area contributed by atoms with Gasteiger partial charge in [0.1, 0.15) is 29.6 Å². The Morgan fingerprint density at radius 3 is 2.54 bits per heavy atom. The van der Waals surface area contributed by atoms with Gasteiger partial charge in [-0.1, -0.05) is 52.1 Å². The van der Waals surface area contributed by atoms with Gasteiger partial charge >= 0.3 is 5.97 Å². The molecule has 2 fully saturated rings. The number of ether oxygens (including phenoxy) is 1. The van der Waals surface area contributed by atoms with Crippen molar-refractivity contribution in [1.29, 1.82) is 0 Å². The van der Waals surface area contributed by atoms with Crippen LogP contribution in [0.2, 0.25) is 15.1 Å². The minimum atomic E-state index is -0.967. The molecule has 3 heterocycles. The summed E-state index contributed by atoms with van der Waals surface area (Å²) >= 11 is 19.7. The number of aromatic carboxylic acids is 1. The predicted octanol–water partition coefficient (Wildman–Crippen LogP) is 7.85. The molecule has 1 aliphatic carbocycles. The largest absolute Gasteiger partial charge is 0.489 e. The molecular weight excluding hydrogens is 561 g/mol. The molecule has 1 aliphatic heterocycles. The van der Waals surface area contributed by atoms with Crippen LogP contribution in [-0.2, 0) is 6.61 Å². The second-order valence-corrected chi connectivity index (χ2v) is 11.1. The first kappa shape index (κ1) is 26.0. The fraction of sp³-hybridized carbons (Fsp3) is 0.276. The molecule has 1 saturated carbocycles. The summed E-state index contributed by atoms with van der Waals surface area (Å²) in [5.41, 5.74) is 3.32. The van der Waals surface area contributed by atoms with Crippen molar-refractivity contribution in [3.05, 3.63) is 92.2 Å². The van der Waals surface area contributed by atoms with Crippen LogP contribution in [0.1, 0.15) is 58.3 Å². The van der Waals surface area contributed by atoms with Gasteiger partial charge in [0.25, 0.3) is 0 Å². The molecule has 7 nitrogen and oxygen atoms in total. The van der Waals surface area contributed by atoms with E-state index >= 15 is 0 Å². The molecule has 2 aromatic heterocycles. The number of rotatable bonds is 8. The molecular formula is C29H24Cl3N3O4. The van der Waals surface area contributed by atoms with E-state index in [1.807, 2.05) is 18.2 Å². The smallest absolute Gasteiger partial charge is 0.335 e. The Morgan fingerprint density at radius 2 is 1.82 bits per heavy atom. The van der Waals surface area contributed by atoms with Crippen LogP contribution in [0.4, 0.5) is 5.82 Å². The second kappa shape index (κ2) is 10.7. The topological polar surface area (TPSA) is 88.7 Å². The molecule has 39 heavy (non-hydrogen) atoms. The lowest BCUT2D eigenvalue weighted by molar-refractivity contribution is 0.0696. The van der Waals surface area contributed by atoms with E-state index in [9.17, 15) is 9.90 Å². The molecule has 0 spiro atoms. The monoisotopic (exact) mass is 583 g/mol. The molecule has 4 aromatic rings. The van der Waals surface area contributed by atoms with Gasteiger partial charge < -0.3 is 19.3 Å². The first-order valence-corrected chi connectivity index (χ1v) is 13.8. The Labute approximate surface area is 240 Å². The average Bonchev–Trinajstić information content (AvgIpc) is 3.50. The molecule has 1 saturated heterocycles. The number of aromatic nitrogens is 2. The van der Waals surface area contributed by atoms with Crippen molar-refractivity contribution in [2.24, 2.45) is 0 Å². The van der Waals surface area contributed by atoms with Crippen molar-refractivity contribution < 1.29 is 19.2 Å². The summed E-state index contributed by atoms with van der Waals surface area (Å²) in [5.74, 6) is 1.65. The highest BCUT2D eigenvalue weighted by Crippen LogP contribution is 2.46. The number of pyridine rings is 1. The first-order valence-electron chi connectivity index (χ1n) is 12.7. The van der Waals surface area contributed by atoms with Gasteiger partial charge in [-0.25, -0.2) is 9.78 Å². The van der Waals surface area contributed by atoms with Crippen molar-refractivity contribution >= 4 is 46.6 Å². The van der Waals surface area contributed by atoms with E-state index in [1.165, 1.54) is 12.3 Å². The third-order valence-corrected chi connectivity index (χ3v) is 8.22. The minimum Gasteiger partial charge on any atom is -0.489 e. The number of carboxylic acids is 1. The van der Waals surface area contributed by atoms with Gasteiger partial charge in [0.05, 0.1) is 21.2 Å². The number of halogens is 3. The molecule has 200 valence electrons. The van der Waals surface area contributed by atoms with Gasteiger partial charge in [0.15, 0.2) is 0 Å². The summed E-state index contributed by atoms with van der Waals surface area (Å²) in [5, 5.41) is 15.2. The average molecular weight is 585 g/mol. The summed E-state index contributed by atoms with van der Waals surface area (Å²) < 4.78 is 11.9. The van der Waals surface area contributed by atoms with Crippen molar-refractivity contribution in [3.63, 3.8) is 0 Å². The Bertz CT molecular complexity index is 1530. The van der Waals surface area contributed by atoms with Crippen LogP contribution in [0.5, 0.6) is 5.75 Å². The Balaban J connectivity index is 1.18. The van der Waals surface area contributed by atoms with E-state index in [1.54, 1.807) is 24.3 Å². The standard InChI is InChI=1S/C29H24Cl3N3O4/c30-22-2-1-3-23(31)26(22)27-21(28(39-34-27)16-4-5-16)15-38-19-6-7-20(24(32)13-19)18-9-11-35(14-18)25-12-17(29(36)37)8-10-33-25/h1-3,6-8,10,12-13,16,18H,4-5,9,11,14-15H2,(H,36,37). The molecule has 0 radical (unpaired) electrons. The van der Waals surface area contributed by atoms with Crippen LogP contribution in [-0.4, -0.2) is 34.3 Å². The maximum Gasteiger partial charge on any atom is 0.335 e. The summed E-state index contributed by atoms with van der Waals surface area (Å²) in [6.45, 7) is 1.70. The van der Waals surface area contributed by atoms with E-state index in [0.29, 0.717) is 50.4 Å². The summed E-state index contributed by atoms with van der Waals surface area (Å²) in [6.07, 6.45) is 4.51. The number of nitrogens with zero attached hydrogens (tertiary/aromatic N) is 3. The first-order chi connectivity index (χ1) is 18.9. The van der Waals surface area contributed by atoms with Crippen molar-refractivity contribution in [2.75, 3.05) is 18.0 Å². The zero-order chi connectivity index (χ0) is 27.1. The van der Waals surface area contributed by atoms with E-state index < -0.39 is 5.97 Å². The van der Waals surface area contributed by atoms with Crippen molar-refractivity contribution in [1.82, 2.24) is 10.1 Å². The maximum absolute atomic E-state index is 11.3. The highest BCUT2D eigenvalue weighted by atomic mass is 35.5. The van der Waals surface area contributed by atoms with Gasteiger partial charge in [-0.15, -0.1) is 0 Å². The second-order valence-electron chi connectivity index (χ2n) is 9.86. The molecule has 2 aliphatic rings. The third kappa shape index (κ3) is 5.31. The highest BCUT2D eigenvalue weighted by Gasteiger charge is 2.34. The van der Waals surface area contributed by atoms with Crippen LogP contribution in [0.15, 0.2) is 59.3 Å². The van der Waals surface area contributed by atoms with Gasteiger partial charge in [0.2, 0.25) is 0 Å². The lowest BCUT2D eigenvalue weighted by atomic mass is 9.98. The van der Waals surface area contributed by atoms with Crippen molar-refractivity contribution in [2.45, 2.75) is 37.7 Å². The maximum atomic E-state index is 11.3. The number of anilines is 1. The summed E-state index contributed by atoms with van der Waals surface area (Å²) in [6, 6.07) is 14.2. The fourth-order valence-electron chi connectivity index (χ4n) is 5.08. The zero-order valence-corrected chi connectivity index (χ0v) is 23.0. The van der Waals surface area contributed by atoms with Gasteiger partial charge in [-0.3, -0.25) is 0 Å². The lowest BCUT2D eigenvalue weighted by Crippen LogP contribution is -2.20. The number of benzene rings is 2. The number of carbonyl (C=O) groups is 1. The normalized spacial score (nSPS) is 17.0. The minimum absolute atomic E-state index is 0.190. The highest BCUT2D eigenvalue weighted by molar-refractivity contribution is 6.39. The van der Waals surface area contributed by atoms with E-state index in [-0.39, 0.29) is 18.1 Å². The molecule has 2 aromatic carbocycles. The Hall–Kier alpha value is -3.26. The van der Waals surface area contributed by atoms with E-state index in [2.05, 4.69) is 15.0 Å². The number of hydrogen-bond acceptors (Lipinski definition) is 6. The van der Waals surface area contributed by atoms with Crippen LogP contribution in [0, 0.1) is 0 Å². The molecule has 0 amide bonds. The number of hydrogen-bond donors (Lipinski definition) is 1. The van der Waals surface area contributed by atoms with Crippen molar-refractivity contribution in [3.8, 4) is 17.0 Å². The number of carboxylic acid groups (broad SMARTS) is 1. The van der Waals surface area contributed by atoms with Crippen LogP contribution in [0.3, 0.4) is 0 Å². The predicted molar refractivity (Wildman–Crippen MR) is 150 cm³/mol. The fourth-order valence-corrected chi connectivity index (χ4v) is 5.98. The zero-order valence-electron chi connectivity index (χ0n) is 20.7. The SMILES string of the molecule is O=C(O)c1ccnc(N2CCC(c3ccc(OCc4c(-c5c(Cl)cccc5Cl)noc4C4CC4)cc3Cl)C2)c1. The van der Waals surface area contributed by atoms with Crippen LogP contribution in [0.25, 0.3) is 11.3 Å². The third-order valence-electron chi connectivity index (χ3n) is 7.27.